The molecule has 0 N–H and O–H groups in total. The van der Waals surface area contributed by atoms with Crippen LogP contribution in [0.1, 0.15) is 29.8 Å². The van der Waals surface area contributed by atoms with Gasteiger partial charge in [0.05, 0.1) is 37.0 Å². The minimum atomic E-state index is -0.143. The van der Waals surface area contributed by atoms with E-state index in [0.717, 1.165) is 5.56 Å². The van der Waals surface area contributed by atoms with Crippen LogP contribution in [0.25, 0.3) is 6.08 Å². The summed E-state index contributed by atoms with van der Waals surface area (Å²) < 4.78 is 16.6. The largest absolute Gasteiger partial charge is 0.493 e. The first-order valence-electron chi connectivity index (χ1n) is 11.4. The average Bonchev–Trinajstić information content (AvgIpc) is 3.12. The molecule has 8 nitrogen and oxygen atoms in total. The minimum Gasteiger partial charge on any atom is -0.493 e. The number of ether oxygens (including phenoxy) is 3. The van der Waals surface area contributed by atoms with Gasteiger partial charge in [0, 0.05) is 25.7 Å². The summed E-state index contributed by atoms with van der Waals surface area (Å²) in [5, 5.41) is 0.545. The van der Waals surface area contributed by atoms with E-state index in [2.05, 4.69) is 4.99 Å². The summed E-state index contributed by atoms with van der Waals surface area (Å²) in [5.41, 5.74) is 2.00. The fourth-order valence-electron chi connectivity index (χ4n) is 3.70. The lowest BCUT2D eigenvalue weighted by atomic mass is 10.1. The van der Waals surface area contributed by atoms with Gasteiger partial charge in [-0.3, -0.25) is 14.5 Å². The number of thioether (sulfide) groups is 1. The van der Waals surface area contributed by atoms with Crippen LogP contribution in [0.3, 0.4) is 0 Å². The highest BCUT2D eigenvalue weighted by molar-refractivity contribution is 8.18. The van der Waals surface area contributed by atoms with Gasteiger partial charge in [-0.25, -0.2) is 4.99 Å². The first-order valence-corrected chi connectivity index (χ1v) is 12.3. The number of amides is 2. The standard InChI is InChI=1S/C26H29N3O5S/c1-17(2)34-21-9-8-18(14-22(21)32-4)15-23-25(31)28(3)26(35-23)27-20-7-5-6-19(16-20)24(30)29-10-12-33-13-11-29/h5-9,14-17H,10-13H2,1-4H3/b23-15+,27-26?. The zero-order valence-corrected chi connectivity index (χ0v) is 21.1. The predicted octanol–water partition coefficient (Wildman–Crippen LogP) is 4.19. The summed E-state index contributed by atoms with van der Waals surface area (Å²) in [6.45, 7) is 6.15. The lowest BCUT2D eigenvalue weighted by Gasteiger charge is -2.26. The first kappa shape index (κ1) is 24.8. The van der Waals surface area contributed by atoms with E-state index < -0.39 is 0 Å². The number of hydrogen-bond acceptors (Lipinski definition) is 7. The molecule has 2 fully saturated rings. The van der Waals surface area contributed by atoms with Crippen molar-refractivity contribution >= 4 is 40.5 Å². The van der Waals surface area contributed by atoms with Crippen molar-refractivity contribution in [1.82, 2.24) is 9.80 Å². The van der Waals surface area contributed by atoms with Gasteiger partial charge in [0.15, 0.2) is 16.7 Å². The molecule has 0 aromatic heterocycles. The Labute approximate surface area is 209 Å². The van der Waals surface area contributed by atoms with Gasteiger partial charge in [-0.15, -0.1) is 0 Å². The third-order valence-electron chi connectivity index (χ3n) is 5.47. The Morgan fingerprint density at radius 3 is 2.63 bits per heavy atom. The number of carbonyl (C=O) groups is 2. The van der Waals surface area contributed by atoms with Crippen LogP contribution < -0.4 is 9.47 Å². The quantitative estimate of drug-likeness (QED) is 0.559. The molecule has 184 valence electrons. The molecule has 0 radical (unpaired) electrons. The summed E-state index contributed by atoms with van der Waals surface area (Å²) in [5.74, 6) is 1.07. The summed E-state index contributed by atoms with van der Waals surface area (Å²) in [4.78, 5) is 34.2. The molecule has 0 spiro atoms. The Morgan fingerprint density at radius 1 is 1.14 bits per heavy atom. The number of carbonyl (C=O) groups excluding carboxylic acids is 2. The van der Waals surface area contributed by atoms with Gasteiger partial charge in [-0.1, -0.05) is 12.1 Å². The van der Waals surface area contributed by atoms with Crippen molar-refractivity contribution in [3.05, 3.63) is 58.5 Å². The van der Waals surface area contributed by atoms with Crippen molar-refractivity contribution in [2.75, 3.05) is 40.5 Å². The Kier molecular flexibility index (Phi) is 7.77. The van der Waals surface area contributed by atoms with Crippen molar-refractivity contribution in [3.8, 4) is 11.5 Å². The fraction of sp³-hybridized carbons (Fsp3) is 0.346. The molecular weight excluding hydrogens is 466 g/mol. The van der Waals surface area contributed by atoms with Crippen molar-refractivity contribution < 1.29 is 23.8 Å². The molecule has 0 bridgehead atoms. The van der Waals surface area contributed by atoms with E-state index in [4.69, 9.17) is 14.2 Å². The molecule has 2 saturated heterocycles. The van der Waals surface area contributed by atoms with Gasteiger partial charge in [0.25, 0.3) is 11.8 Å². The SMILES string of the molecule is COc1cc(/C=C2/SC(=Nc3cccc(C(=O)N4CCOCC4)c3)N(C)C2=O)ccc1OC(C)C. The lowest BCUT2D eigenvalue weighted by Crippen LogP contribution is -2.40. The Morgan fingerprint density at radius 2 is 1.91 bits per heavy atom. The molecule has 2 aliphatic rings. The molecule has 0 saturated carbocycles. The van der Waals surface area contributed by atoms with Crippen molar-refractivity contribution in [2.24, 2.45) is 4.99 Å². The third-order valence-corrected chi connectivity index (χ3v) is 6.53. The summed E-state index contributed by atoms with van der Waals surface area (Å²) in [6.07, 6.45) is 1.83. The van der Waals surface area contributed by atoms with E-state index in [1.54, 1.807) is 37.3 Å². The molecule has 9 heteroatoms. The maximum atomic E-state index is 12.9. The topological polar surface area (TPSA) is 80.7 Å². The van der Waals surface area contributed by atoms with E-state index >= 15 is 0 Å². The summed E-state index contributed by atoms with van der Waals surface area (Å²) in [7, 11) is 3.28. The minimum absolute atomic E-state index is 0.0233. The van der Waals surface area contributed by atoms with E-state index in [1.165, 1.54) is 16.7 Å². The van der Waals surface area contributed by atoms with Crippen LogP contribution in [-0.2, 0) is 9.53 Å². The third kappa shape index (κ3) is 5.86. The molecule has 2 aromatic rings. The summed E-state index contributed by atoms with van der Waals surface area (Å²) >= 11 is 1.29. The van der Waals surface area contributed by atoms with Crippen molar-refractivity contribution in [1.29, 1.82) is 0 Å². The van der Waals surface area contributed by atoms with Crippen LogP contribution in [0.4, 0.5) is 5.69 Å². The van der Waals surface area contributed by atoms with Crippen LogP contribution in [0, 0.1) is 0 Å². The van der Waals surface area contributed by atoms with E-state index in [-0.39, 0.29) is 17.9 Å². The number of nitrogens with zero attached hydrogens (tertiary/aromatic N) is 3. The zero-order chi connectivity index (χ0) is 24.9. The number of amidine groups is 1. The Hall–Kier alpha value is -3.30. The van der Waals surface area contributed by atoms with Crippen LogP contribution >= 0.6 is 11.8 Å². The van der Waals surface area contributed by atoms with E-state index in [1.807, 2.05) is 44.2 Å². The molecule has 2 aliphatic heterocycles. The summed E-state index contributed by atoms with van der Waals surface area (Å²) in [6, 6.07) is 12.7. The van der Waals surface area contributed by atoms with Gasteiger partial charge in [0.1, 0.15) is 0 Å². The van der Waals surface area contributed by atoms with Crippen LogP contribution in [0.2, 0.25) is 0 Å². The van der Waals surface area contributed by atoms with Gasteiger partial charge >= 0.3 is 0 Å². The van der Waals surface area contributed by atoms with Crippen molar-refractivity contribution in [2.45, 2.75) is 20.0 Å². The second kappa shape index (κ2) is 11.0. The van der Waals surface area contributed by atoms with Gasteiger partial charge in [-0.2, -0.15) is 0 Å². The molecular formula is C26H29N3O5S. The van der Waals surface area contributed by atoms with Crippen molar-refractivity contribution in [3.63, 3.8) is 0 Å². The number of morpholine rings is 1. The number of methoxy groups -OCH3 is 1. The number of rotatable bonds is 6. The molecule has 0 unspecified atom stereocenters. The molecule has 0 atom stereocenters. The highest BCUT2D eigenvalue weighted by atomic mass is 32.2. The zero-order valence-electron chi connectivity index (χ0n) is 20.3. The second-order valence-electron chi connectivity index (χ2n) is 8.40. The molecule has 35 heavy (non-hydrogen) atoms. The maximum absolute atomic E-state index is 12.9. The Bertz CT molecular complexity index is 1170. The van der Waals surface area contributed by atoms with Crippen LogP contribution in [0.5, 0.6) is 11.5 Å². The number of aliphatic imine (C=N–C) groups is 1. The first-order chi connectivity index (χ1) is 16.9. The fourth-order valence-corrected chi connectivity index (χ4v) is 4.68. The highest BCUT2D eigenvalue weighted by Crippen LogP contribution is 2.35. The normalized spacial score (nSPS) is 18.6. The van der Waals surface area contributed by atoms with E-state index in [0.29, 0.717) is 59.1 Å². The second-order valence-corrected chi connectivity index (χ2v) is 9.41. The predicted molar refractivity (Wildman–Crippen MR) is 137 cm³/mol. The smallest absolute Gasteiger partial charge is 0.266 e. The number of hydrogen-bond donors (Lipinski definition) is 0. The van der Waals surface area contributed by atoms with Crippen LogP contribution in [0.15, 0.2) is 52.4 Å². The lowest BCUT2D eigenvalue weighted by molar-refractivity contribution is -0.121. The van der Waals surface area contributed by atoms with E-state index in [9.17, 15) is 9.59 Å². The molecule has 0 aliphatic carbocycles. The van der Waals surface area contributed by atoms with Gasteiger partial charge < -0.3 is 19.1 Å². The van der Waals surface area contributed by atoms with Crippen LogP contribution in [-0.4, -0.2) is 73.3 Å². The monoisotopic (exact) mass is 495 g/mol. The molecule has 2 aromatic carbocycles. The van der Waals surface area contributed by atoms with Gasteiger partial charge in [-0.05, 0) is 67.6 Å². The molecule has 4 rings (SSSR count). The molecule has 2 amide bonds. The number of benzene rings is 2. The Balaban J connectivity index is 1.54. The average molecular weight is 496 g/mol. The number of likely N-dealkylation sites (N-methyl/N-ethyl adjacent to an activating group) is 1. The molecule has 2 heterocycles. The van der Waals surface area contributed by atoms with Gasteiger partial charge in [0.2, 0.25) is 0 Å². The maximum Gasteiger partial charge on any atom is 0.266 e. The highest BCUT2D eigenvalue weighted by Gasteiger charge is 2.30.